The first-order chi connectivity index (χ1) is 11.3. The number of nitrogens with zero attached hydrogens (tertiary/aromatic N) is 3. The van der Waals surface area contributed by atoms with Gasteiger partial charge in [0, 0.05) is 37.7 Å². The van der Waals surface area contributed by atoms with Gasteiger partial charge >= 0.3 is 0 Å². The van der Waals surface area contributed by atoms with Gasteiger partial charge in [-0.15, -0.1) is 12.4 Å². The lowest BCUT2D eigenvalue weighted by molar-refractivity contribution is -0.133. The zero-order valence-corrected chi connectivity index (χ0v) is 16.1. The molecule has 0 bridgehead atoms. The van der Waals surface area contributed by atoms with Crippen molar-refractivity contribution in [2.45, 2.75) is 26.2 Å². The molecule has 0 radical (unpaired) electrons. The molecular formula is C16H28ClN5O3. The number of carbonyl (C=O) groups excluding carboxylic acids is 2. The number of piperazine rings is 1. The molecule has 2 N–H and O–H groups in total. The fourth-order valence-electron chi connectivity index (χ4n) is 2.41. The summed E-state index contributed by atoms with van der Waals surface area (Å²) in [7, 11) is 1.75. The number of hydrogen-bond donors (Lipinski definition) is 2. The van der Waals surface area contributed by atoms with E-state index in [4.69, 9.17) is 4.52 Å². The van der Waals surface area contributed by atoms with Crippen LogP contribution in [0.4, 0.5) is 5.88 Å². The molecule has 142 valence electrons. The molecule has 25 heavy (non-hydrogen) atoms. The van der Waals surface area contributed by atoms with E-state index < -0.39 is 0 Å². The van der Waals surface area contributed by atoms with E-state index in [2.05, 4.69) is 15.8 Å². The molecule has 1 fully saturated rings. The summed E-state index contributed by atoms with van der Waals surface area (Å²) >= 11 is 0. The molecule has 9 heteroatoms. The summed E-state index contributed by atoms with van der Waals surface area (Å²) in [5.74, 6) is 0.135. The number of anilines is 1. The van der Waals surface area contributed by atoms with E-state index in [-0.39, 0.29) is 42.7 Å². The minimum Gasteiger partial charge on any atom is -0.339 e. The number of nitrogens with one attached hydrogen (secondary N) is 2. The van der Waals surface area contributed by atoms with Crippen LogP contribution in [0, 0.1) is 0 Å². The Hall–Kier alpha value is -1.64. The SMILES string of the molecule is CN(CC(=O)Nc1cc(C(C)(C)C)no1)CC(=O)N1CCNCC1.Cl. The van der Waals surface area contributed by atoms with Crippen molar-refractivity contribution in [2.24, 2.45) is 0 Å². The minimum absolute atomic E-state index is 0. The van der Waals surface area contributed by atoms with Crippen molar-refractivity contribution < 1.29 is 14.1 Å². The van der Waals surface area contributed by atoms with Crippen LogP contribution in [-0.4, -0.2) is 73.1 Å². The molecule has 0 spiro atoms. The number of halogens is 1. The first-order valence-corrected chi connectivity index (χ1v) is 8.20. The van der Waals surface area contributed by atoms with Crippen LogP contribution in [-0.2, 0) is 15.0 Å². The van der Waals surface area contributed by atoms with Crippen LogP contribution in [0.3, 0.4) is 0 Å². The lowest BCUT2D eigenvalue weighted by Crippen LogP contribution is -2.49. The average Bonchev–Trinajstić information content (AvgIpc) is 2.96. The molecule has 2 rings (SSSR count). The predicted molar refractivity (Wildman–Crippen MR) is 98.0 cm³/mol. The first kappa shape index (κ1) is 21.4. The molecule has 8 nitrogen and oxygen atoms in total. The van der Waals surface area contributed by atoms with E-state index in [1.807, 2.05) is 25.7 Å². The third-order valence-corrected chi connectivity index (χ3v) is 3.83. The quantitative estimate of drug-likeness (QED) is 0.789. The van der Waals surface area contributed by atoms with Crippen LogP contribution in [0.5, 0.6) is 0 Å². The van der Waals surface area contributed by atoms with Crippen molar-refractivity contribution in [2.75, 3.05) is 51.6 Å². The average molecular weight is 374 g/mol. The summed E-state index contributed by atoms with van der Waals surface area (Å²) in [6, 6.07) is 1.73. The number of rotatable bonds is 5. The van der Waals surface area contributed by atoms with Crippen LogP contribution < -0.4 is 10.6 Å². The number of aromatic nitrogens is 1. The topological polar surface area (TPSA) is 90.7 Å². The van der Waals surface area contributed by atoms with Crippen LogP contribution >= 0.6 is 12.4 Å². The number of likely N-dealkylation sites (N-methyl/N-ethyl adjacent to an activating group) is 1. The van der Waals surface area contributed by atoms with E-state index in [1.165, 1.54) is 0 Å². The van der Waals surface area contributed by atoms with Crippen molar-refractivity contribution in [3.63, 3.8) is 0 Å². The van der Waals surface area contributed by atoms with Gasteiger partial charge in [-0.05, 0) is 7.05 Å². The molecule has 1 saturated heterocycles. The molecular weight excluding hydrogens is 346 g/mol. The Labute approximate surface area is 154 Å². The number of amides is 2. The highest BCUT2D eigenvalue weighted by Gasteiger charge is 2.21. The van der Waals surface area contributed by atoms with Gasteiger partial charge in [0.15, 0.2) is 0 Å². The monoisotopic (exact) mass is 373 g/mol. The maximum atomic E-state index is 12.2. The molecule has 2 amide bonds. The van der Waals surface area contributed by atoms with Crippen molar-refractivity contribution >= 4 is 30.1 Å². The van der Waals surface area contributed by atoms with Crippen LogP contribution in [0.2, 0.25) is 0 Å². The largest absolute Gasteiger partial charge is 0.339 e. The molecule has 0 saturated carbocycles. The summed E-state index contributed by atoms with van der Waals surface area (Å²) in [4.78, 5) is 27.7. The van der Waals surface area contributed by atoms with Gasteiger partial charge in [0.25, 0.3) is 0 Å². The molecule has 1 aromatic heterocycles. The summed E-state index contributed by atoms with van der Waals surface area (Å²) < 4.78 is 5.14. The first-order valence-electron chi connectivity index (χ1n) is 8.20. The second-order valence-corrected chi connectivity index (χ2v) is 7.18. The minimum atomic E-state index is -0.234. The predicted octanol–water partition coefficient (Wildman–Crippen LogP) is 0.696. The van der Waals surface area contributed by atoms with Gasteiger partial charge in [0.2, 0.25) is 17.7 Å². The Morgan fingerprint density at radius 2 is 1.96 bits per heavy atom. The summed E-state index contributed by atoms with van der Waals surface area (Å²) in [6.45, 7) is 9.46. The maximum Gasteiger partial charge on any atom is 0.240 e. The van der Waals surface area contributed by atoms with Gasteiger partial charge in [0.05, 0.1) is 18.8 Å². The lowest BCUT2D eigenvalue weighted by Gasteiger charge is -2.29. The van der Waals surface area contributed by atoms with E-state index in [9.17, 15) is 9.59 Å². The fourth-order valence-corrected chi connectivity index (χ4v) is 2.41. The molecule has 2 heterocycles. The Bertz CT molecular complexity index is 579. The van der Waals surface area contributed by atoms with E-state index in [0.717, 1.165) is 18.8 Å². The third kappa shape index (κ3) is 6.64. The van der Waals surface area contributed by atoms with Gasteiger partial charge in [0.1, 0.15) is 0 Å². The fraction of sp³-hybridized carbons (Fsp3) is 0.688. The second-order valence-electron chi connectivity index (χ2n) is 7.18. The van der Waals surface area contributed by atoms with Crippen LogP contribution in [0.15, 0.2) is 10.6 Å². The lowest BCUT2D eigenvalue weighted by atomic mass is 9.92. The van der Waals surface area contributed by atoms with Crippen molar-refractivity contribution in [3.05, 3.63) is 11.8 Å². The van der Waals surface area contributed by atoms with Gasteiger partial charge in [-0.3, -0.25) is 19.8 Å². The highest BCUT2D eigenvalue weighted by molar-refractivity contribution is 5.91. The normalized spacial score (nSPS) is 15.0. The molecule has 1 aliphatic heterocycles. The Morgan fingerprint density at radius 1 is 1.32 bits per heavy atom. The standard InChI is InChI=1S/C16H27N5O3.ClH/c1-16(2,3)12-9-14(24-19-12)18-13(22)10-20(4)11-15(23)21-7-5-17-6-8-21;/h9,17H,5-8,10-11H2,1-4H3,(H,18,22);1H. The van der Waals surface area contributed by atoms with E-state index >= 15 is 0 Å². The van der Waals surface area contributed by atoms with Gasteiger partial charge in [-0.25, -0.2) is 0 Å². The van der Waals surface area contributed by atoms with Gasteiger partial charge < -0.3 is 14.7 Å². The van der Waals surface area contributed by atoms with Crippen molar-refractivity contribution in [1.82, 2.24) is 20.3 Å². The molecule has 0 aliphatic carbocycles. The van der Waals surface area contributed by atoms with E-state index in [1.54, 1.807) is 18.0 Å². The molecule has 0 aromatic carbocycles. The Kier molecular flexibility index (Phi) is 7.85. The Balaban J connectivity index is 0.00000312. The second kappa shape index (κ2) is 9.17. The number of hydrogen-bond acceptors (Lipinski definition) is 6. The van der Waals surface area contributed by atoms with Gasteiger partial charge in [-0.1, -0.05) is 25.9 Å². The summed E-state index contributed by atoms with van der Waals surface area (Å²) in [5.41, 5.74) is 0.638. The maximum absolute atomic E-state index is 12.2. The molecule has 1 aromatic rings. The highest BCUT2D eigenvalue weighted by atomic mass is 35.5. The Morgan fingerprint density at radius 3 is 2.52 bits per heavy atom. The molecule has 0 atom stereocenters. The molecule has 0 unspecified atom stereocenters. The third-order valence-electron chi connectivity index (χ3n) is 3.83. The van der Waals surface area contributed by atoms with Crippen molar-refractivity contribution in [1.29, 1.82) is 0 Å². The van der Waals surface area contributed by atoms with Crippen molar-refractivity contribution in [3.8, 4) is 0 Å². The zero-order valence-electron chi connectivity index (χ0n) is 15.3. The summed E-state index contributed by atoms with van der Waals surface area (Å²) in [5, 5.41) is 9.84. The van der Waals surface area contributed by atoms with Crippen LogP contribution in [0.25, 0.3) is 0 Å². The van der Waals surface area contributed by atoms with E-state index in [0.29, 0.717) is 19.0 Å². The molecule has 1 aliphatic rings. The summed E-state index contributed by atoms with van der Waals surface area (Å²) in [6.07, 6.45) is 0. The zero-order chi connectivity index (χ0) is 17.7. The number of carbonyl (C=O) groups is 2. The highest BCUT2D eigenvalue weighted by Crippen LogP contribution is 2.23. The van der Waals surface area contributed by atoms with Gasteiger partial charge in [-0.2, -0.15) is 0 Å². The van der Waals surface area contributed by atoms with Crippen LogP contribution in [0.1, 0.15) is 26.5 Å². The smallest absolute Gasteiger partial charge is 0.240 e.